The maximum atomic E-state index is 13.6. The number of amides is 1. The quantitative estimate of drug-likeness (QED) is 0.677. The molecule has 1 N–H and O–H groups in total. The molecule has 1 aromatic heterocycles. The minimum atomic E-state index is -0.536. The van der Waals surface area contributed by atoms with Crippen LogP contribution in [0.2, 0.25) is 5.02 Å². The van der Waals surface area contributed by atoms with Gasteiger partial charge in [-0.05, 0) is 29.7 Å². The first-order valence-corrected chi connectivity index (χ1v) is 7.37. The third-order valence-electron chi connectivity index (χ3n) is 2.69. The summed E-state index contributed by atoms with van der Waals surface area (Å²) in [5.41, 5.74) is 0.462. The Morgan fingerprint density at radius 3 is 2.82 bits per heavy atom. The van der Waals surface area contributed by atoms with Gasteiger partial charge in [0, 0.05) is 11.6 Å². The molecule has 1 aromatic carbocycles. The molecule has 0 aliphatic carbocycles. The zero-order valence-electron chi connectivity index (χ0n) is 11.4. The molecule has 0 bridgehead atoms. The van der Waals surface area contributed by atoms with Gasteiger partial charge < -0.3 is 10.1 Å². The SMILES string of the molecule is COC(=O)c1sccc1NC(=O)/C=C/c1c(F)cccc1Cl. The van der Waals surface area contributed by atoms with Gasteiger partial charge in [0.25, 0.3) is 0 Å². The summed E-state index contributed by atoms with van der Waals surface area (Å²) in [6, 6.07) is 5.83. The normalized spacial score (nSPS) is 10.7. The van der Waals surface area contributed by atoms with E-state index in [0.29, 0.717) is 5.69 Å². The Kier molecular flexibility index (Phi) is 5.30. The summed E-state index contributed by atoms with van der Waals surface area (Å²) in [7, 11) is 1.26. The molecule has 0 aliphatic rings. The molecule has 22 heavy (non-hydrogen) atoms. The van der Waals surface area contributed by atoms with Crippen molar-refractivity contribution >= 4 is 46.6 Å². The van der Waals surface area contributed by atoms with Crippen molar-refractivity contribution in [3.05, 3.63) is 57.0 Å². The van der Waals surface area contributed by atoms with Crippen LogP contribution in [-0.4, -0.2) is 19.0 Å². The van der Waals surface area contributed by atoms with Crippen LogP contribution >= 0.6 is 22.9 Å². The third-order valence-corrected chi connectivity index (χ3v) is 3.92. The molecule has 4 nitrogen and oxygen atoms in total. The van der Waals surface area contributed by atoms with E-state index in [4.69, 9.17) is 11.6 Å². The predicted octanol–water partition coefficient (Wildman–Crippen LogP) is 3.98. The smallest absolute Gasteiger partial charge is 0.350 e. The number of halogens is 2. The van der Waals surface area contributed by atoms with E-state index in [9.17, 15) is 14.0 Å². The fourth-order valence-corrected chi connectivity index (χ4v) is 2.65. The fourth-order valence-electron chi connectivity index (χ4n) is 1.66. The van der Waals surface area contributed by atoms with Gasteiger partial charge in [-0.15, -0.1) is 11.3 Å². The van der Waals surface area contributed by atoms with Gasteiger partial charge in [-0.2, -0.15) is 0 Å². The third kappa shape index (κ3) is 3.72. The van der Waals surface area contributed by atoms with Gasteiger partial charge in [-0.25, -0.2) is 9.18 Å². The van der Waals surface area contributed by atoms with Gasteiger partial charge in [0.1, 0.15) is 10.7 Å². The number of nitrogens with one attached hydrogen (secondary N) is 1. The average Bonchev–Trinajstić information content (AvgIpc) is 2.94. The number of benzene rings is 1. The van der Waals surface area contributed by atoms with Crippen LogP contribution in [0.3, 0.4) is 0 Å². The summed E-state index contributed by atoms with van der Waals surface area (Å²) in [5, 5.41) is 4.39. The lowest BCUT2D eigenvalue weighted by Gasteiger charge is -2.03. The summed E-state index contributed by atoms with van der Waals surface area (Å²) in [4.78, 5) is 23.6. The molecule has 1 heterocycles. The van der Waals surface area contributed by atoms with Crippen molar-refractivity contribution in [3.8, 4) is 0 Å². The number of hydrogen-bond donors (Lipinski definition) is 1. The maximum Gasteiger partial charge on any atom is 0.350 e. The van der Waals surface area contributed by atoms with Crippen LogP contribution in [0.1, 0.15) is 15.2 Å². The summed E-state index contributed by atoms with van der Waals surface area (Å²) in [6.07, 6.45) is 2.42. The number of hydrogen-bond acceptors (Lipinski definition) is 4. The fraction of sp³-hybridized carbons (Fsp3) is 0.0667. The predicted molar refractivity (Wildman–Crippen MR) is 84.7 cm³/mol. The van der Waals surface area contributed by atoms with Crippen LogP contribution < -0.4 is 5.32 Å². The number of rotatable bonds is 4. The van der Waals surface area contributed by atoms with Gasteiger partial charge >= 0.3 is 5.97 Å². The zero-order chi connectivity index (χ0) is 16.1. The lowest BCUT2D eigenvalue weighted by molar-refractivity contribution is -0.111. The highest BCUT2D eigenvalue weighted by Crippen LogP contribution is 2.24. The Morgan fingerprint density at radius 2 is 2.14 bits per heavy atom. The number of ether oxygens (including phenoxy) is 1. The Labute approximate surface area is 135 Å². The summed E-state index contributed by atoms with van der Waals surface area (Å²) in [5.74, 6) is -1.57. The molecule has 0 saturated carbocycles. The van der Waals surface area contributed by atoms with Crippen molar-refractivity contribution in [1.29, 1.82) is 0 Å². The number of esters is 1. The van der Waals surface area contributed by atoms with Gasteiger partial charge in [-0.3, -0.25) is 4.79 Å². The standard InChI is InChI=1S/C15H11ClFNO3S/c1-21-15(20)14-12(7-8-22-14)18-13(19)6-5-9-10(16)3-2-4-11(9)17/h2-8H,1H3,(H,18,19)/b6-5+. The van der Waals surface area contributed by atoms with Gasteiger partial charge in [0.05, 0.1) is 17.8 Å². The monoisotopic (exact) mass is 339 g/mol. The van der Waals surface area contributed by atoms with Crippen molar-refractivity contribution in [1.82, 2.24) is 0 Å². The molecule has 0 spiro atoms. The zero-order valence-corrected chi connectivity index (χ0v) is 13.0. The summed E-state index contributed by atoms with van der Waals surface area (Å²) < 4.78 is 18.2. The second-order valence-electron chi connectivity index (χ2n) is 4.11. The van der Waals surface area contributed by atoms with E-state index in [0.717, 1.165) is 17.4 Å². The summed E-state index contributed by atoms with van der Waals surface area (Å²) in [6.45, 7) is 0. The molecular formula is C15H11ClFNO3S. The van der Waals surface area contributed by atoms with Crippen molar-refractivity contribution in [2.45, 2.75) is 0 Å². The van der Waals surface area contributed by atoms with E-state index in [2.05, 4.69) is 10.1 Å². The first-order valence-electron chi connectivity index (χ1n) is 6.12. The Bertz CT molecular complexity index is 722. The molecule has 0 aliphatic heterocycles. The van der Waals surface area contributed by atoms with Crippen molar-refractivity contribution < 1.29 is 18.7 Å². The second kappa shape index (κ2) is 7.20. The molecule has 1 amide bonds. The Hall–Kier alpha value is -2.18. The van der Waals surface area contributed by atoms with Crippen LogP contribution in [0.15, 0.2) is 35.7 Å². The number of carbonyl (C=O) groups is 2. The van der Waals surface area contributed by atoms with Gasteiger partial charge in [-0.1, -0.05) is 17.7 Å². The molecule has 7 heteroatoms. The molecule has 2 aromatic rings. The first-order chi connectivity index (χ1) is 10.5. The number of anilines is 1. The second-order valence-corrected chi connectivity index (χ2v) is 5.44. The van der Waals surface area contributed by atoms with E-state index in [-0.39, 0.29) is 15.5 Å². The van der Waals surface area contributed by atoms with E-state index in [1.807, 2.05) is 0 Å². The van der Waals surface area contributed by atoms with Crippen molar-refractivity contribution in [2.75, 3.05) is 12.4 Å². The molecule has 0 fully saturated rings. The molecule has 0 saturated heterocycles. The molecule has 0 unspecified atom stereocenters. The van der Waals surface area contributed by atoms with Crippen LogP contribution in [0.5, 0.6) is 0 Å². The first kappa shape index (κ1) is 16.2. The lowest BCUT2D eigenvalue weighted by Crippen LogP contribution is -2.10. The molecule has 2 rings (SSSR count). The number of thiophene rings is 1. The largest absolute Gasteiger partial charge is 0.465 e. The highest BCUT2D eigenvalue weighted by molar-refractivity contribution is 7.12. The van der Waals surface area contributed by atoms with E-state index in [1.54, 1.807) is 11.4 Å². The van der Waals surface area contributed by atoms with E-state index < -0.39 is 17.7 Å². The number of methoxy groups -OCH3 is 1. The van der Waals surface area contributed by atoms with Crippen molar-refractivity contribution in [2.24, 2.45) is 0 Å². The average molecular weight is 340 g/mol. The van der Waals surface area contributed by atoms with Crippen LogP contribution in [0.4, 0.5) is 10.1 Å². The number of carbonyl (C=O) groups excluding carboxylic acids is 2. The highest BCUT2D eigenvalue weighted by Gasteiger charge is 2.14. The van der Waals surface area contributed by atoms with E-state index >= 15 is 0 Å². The van der Waals surface area contributed by atoms with Gasteiger partial charge in [0.2, 0.25) is 5.91 Å². The van der Waals surface area contributed by atoms with Crippen LogP contribution in [-0.2, 0) is 9.53 Å². The minimum absolute atomic E-state index is 0.123. The van der Waals surface area contributed by atoms with Gasteiger partial charge in [0.15, 0.2) is 0 Å². The Balaban J connectivity index is 2.13. The van der Waals surface area contributed by atoms with Crippen LogP contribution in [0.25, 0.3) is 6.08 Å². The molecular weight excluding hydrogens is 329 g/mol. The Morgan fingerprint density at radius 1 is 1.36 bits per heavy atom. The van der Waals surface area contributed by atoms with Crippen LogP contribution in [0, 0.1) is 5.82 Å². The molecule has 0 radical (unpaired) electrons. The molecule has 114 valence electrons. The maximum absolute atomic E-state index is 13.6. The topological polar surface area (TPSA) is 55.4 Å². The van der Waals surface area contributed by atoms with Crippen molar-refractivity contribution in [3.63, 3.8) is 0 Å². The molecule has 0 atom stereocenters. The van der Waals surface area contributed by atoms with E-state index in [1.165, 1.54) is 31.4 Å². The summed E-state index contributed by atoms with van der Waals surface area (Å²) >= 11 is 7.01. The minimum Gasteiger partial charge on any atom is -0.465 e. The lowest BCUT2D eigenvalue weighted by atomic mass is 10.2. The highest BCUT2D eigenvalue weighted by atomic mass is 35.5.